The molecule has 0 saturated carbocycles. The van der Waals surface area contributed by atoms with Crippen LogP contribution >= 0.6 is 46.4 Å². The topological polar surface area (TPSA) is 92.8 Å². The summed E-state index contributed by atoms with van der Waals surface area (Å²) >= 11 is 24.5. The number of hydrogen-bond acceptors (Lipinski definition) is 5. The lowest BCUT2D eigenvalue weighted by Gasteiger charge is -2.24. The largest absolute Gasteiger partial charge is 0.454 e. The molecule has 1 aliphatic rings. The molecule has 1 N–H and O–H groups in total. The molecule has 1 heterocycles. The van der Waals surface area contributed by atoms with Crippen LogP contribution in [0.4, 0.5) is 5.69 Å². The summed E-state index contributed by atoms with van der Waals surface area (Å²) in [6, 6.07) is 4.09. The molecule has 0 bridgehead atoms. The first kappa shape index (κ1) is 27.3. The summed E-state index contributed by atoms with van der Waals surface area (Å²) in [6.45, 7) is 5.14. The van der Waals surface area contributed by atoms with E-state index in [9.17, 15) is 19.2 Å². The molecule has 2 aromatic rings. The van der Waals surface area contributed by atoms with Gasteiger partial charge in [-0.25, -0.2) is 4.79 Å². The summed E-state index contributed by atoms with van der Waals surface area (Å²) in [4.78, 5) is 52.4. The van der Waals surface area contributed by atoms with Crippen LogP contribution < -0.4 is 5.32 Å². The number of carbonyl (C=O) groups excluding carboxylic acids is 4. The van der Waals surface area contributed by atoms with Crippen LogP contribution in [0.2, 0.25) is 20.1 Å². The summed E-state index contributed by atoms with van der Waals surface area (Å²) in [5.74, 6) is -3.16. The molecule has 2 aromatic carbocycles. The fraction of sp³-hybridized carbons (Fsp3) is 0.333. The van der Waals surface area contributed by atoms with Crippen LogP contribution in [0.3, 0.4) is 0 Å². The van der Waals surface area contributed by atoms with Gasteiger partial charge in [-0.2, -0.15) is 0 Å². The summed E-state index contributed by atoms with van der Waals surface area (Å²) in [7, 11) is 0. The van der Waals surface area contributed by atoms with Gasteiger partial charge in [0.15, 0.2) is 6.61 Å². The molecule has 0 unspecified atom stereocenters. The van der Waals surface area contributed by atoms with Gasteiger partial charge in [-0.15, -0.1) is 0 Å². The lowest BCUT2D eigenvalue weighted by molar-refractivity contribution is -0.151. The lowest BCUT2D eigenvalue weighted by Crippen LogP contribution is -2.46. The molecule has 0 aliphatic carbocycles. The van der Waals surface area contributed by atoms with Gasteiger partial charge in [-0.3, -0.25) is 19.3 Å². The Morgan fingerprint density at radius 2 is 1.51 bits per heavy atom. The molecule has 35 heavy (non-hydrogen) atoms. The highest BCUT2D eigenvalue weighted by Crippen LogP contribution is 2.45. The third-order valence-electron chi connectivity index (χ3n) is 5.68. The van der Waals surface area contributed by atoms with Crippen LogP contribution in [0.25, 0.3) is 0 Å². The van der Waals surface area contributed by atoms with Gasteiger partial charge in [0, 0.05) is 5.69 Å². The smallest absolute Gasteiger partial charge is 0.329 e. The van der Waals surface area contributed by atoms with Gasteiger partial charge in [0.1, 0.15) is 6.04 Å². The number of fused-ring (bicyclic) bond motifs is 1. The van der Waals surface area contributed by atoms with Gasteiger partial charge in [-0.1, -0.05) is 72.2 Å². The molecule has 3 amide bonds. The highest BCUT2D eigenvalue weighted by atomic mass is 35.5. The van der Waals surface area contributed by atoms with Crippen molar-refractivity contribution in [3.05, 3.63) is 60.5 Å². The number of rotatable bonds is 8. The van der Waals surface area contributed by atoms with Crippen molar-refractivity contribution in [2.75, 3.05) is 11.9 Å². The molecule has 0 aromatic heterocycles. The zero-order valence-electron chi connectivity index (χ0n) is 19.1. The van der Waals surface area contributed by atoms with Gasteiger partial charge in [0.05, 0.1) is 31.2 Å². The zero-order valence-corrected chi connectivity index (χ0v) is 22.2. The number of hydrogen-bond donors (Lipinski definition) is 1. The van der Waals surface area contributed by atoms with Gasteiger partial charge < -0.3 is 10.1 Å². The number of aryl methyl sites for hydroxylation is 2. The Bertz CT molecular complexity index is 1180. The molecule has 11 heteroatoms. The fourth-order valence-corrected chi connectivity index (χ4v) is 4.66. The van der Waals surface area contributed by atoms with E-state index in [1.165, 1.54) is 0 Å². The van der Waals surface area contributed by atoms with Crippen molar-refractivity contribution in [3.8, 4) is 0 Å². The molecule has 1 aliphatic heterocycles. The third kappa shape index (κ3) is 5.43. The number of esters is 1. The predicted octanol–water partition coefficient (Wildman–Crippen LogP) is 6.25. The Morgan fingerprint density at radius 1 is 0.943 bits per heavy atom. The molecule has 7 nitrogen and oxygen atoms in total. The first-order valence-corrected chi connectivity index (χ1v) is 12.3. The van der Waals surface area contributed by atoms with E-state index in [0.717, 1.165) is 16.0 Å². The zero-order chi connectivity index (χ0) is 26.0. The van der Waals surface area contributed by atoms with Gasteiger partial charge in [-0.05, 0) is 43.5 Å². The first-order valence-electron chi connectivity index (χ1n) is 10.8. The predicted molar refractivity (Wildman–Crippen MR) is 136 cm³/mol. The minimum Gasteiger partial charge on any atom is -0.454 e. The Morgan fingerprint density at radius 3 is 2.03 bits per heavy atom. The lowest BCUT2D eigenvalue weighted by atomic mass is 10.1. The Labute approximate surface area is 222 Å². The fourth-order valence-electron chi connectivity index (χ4n) is 3.65. The van der Waals surface area contributed by atoms with Crippen molar-refractivity contribution in [3.63, 3.8) is 0 Å². The average Bonchev–Trinajstić information content (AvgIpc) is 3.08. The summed E-state index contributed by atoms with van der Waals surface area (Å²) in [5, 5.41) is 1.85. The summed E-state index contributed by atoms with van der Waals surface area (Å²) in [5.41, 5.74) is 2.16. The average molecular weight is 560 g/mol. The van der Waals surface area contributed by atoms with Gasteiger partial charge in [0.25, 0.3) is 17.7 Å². The van der Waals surface area contributed by atoms with Gasteiger partial charge >= 0.3 is 5.97 Å². The Balaban J connectivity index is 1.80. The van der Waals surface area contributed by atoms with E-state index in [0.29, 0.717) is 18.5 Å². The second-order valence-corrected chi connectivity index (χ2v) is 9.61. The molecule has 0 spiro atoms. The van der Waals surface area contributed by atoms with E-state index >= 15 is 0 Å². The number of anilines is 1. The van der Waals surface area contributed by atoms with Crippen LogP contribution in [-0.4, -0.2) is 41.2 Å². The SMILES string of the molecule is CCCC[C@H](C(=O)OCC(=O)Nc1ccc(C)c(C)c1)N1C(=O)c2c(Cl)c(Cl)c(Cl)c(Cl)c2C1=O. The number of nitrogens with zero attached hydrogens (tertiary/aromatic N) is 1. The minimum atomic E-state index is -1.29. The first-order chi connectivity index (χ1) is 16.5. The van der Waals surface area contributed by atoms with E-state index in [1.54, 1.807) is 12.1 Å². The van der Waals surface area contributed by atoms with Crippen molar-refractivity contribution in [1.82, 2.24) is 4.90 Å². The molecular weight excluding hydrogens is 538 g/mol. The van der Waals surface area contributed by atoms with Crippen molar-refractivity contribution in [1.29, 1.82) is 0 Å². The molecular formula is C24H22Cl4N2O5. The quantitative estimate of drug-likeness (QED) is 0.178. The number of nitrogens with one attached hydrogen (secondary N) is 1. The highest BCUT2D eigenvalue weighted by molar-refractivity contribution is 6.55. The van der Waals surface area contributed by atoms with Crippen molar-refractivity contribution >= 4 is 75.8 Å². The maximum atomic E-state index is 13.2. The summed E-state index contributed by atoms with van der Waals surface area (Å²) in [6.07, 6.45) is 1.31. The van der Waals surface area contributed by atoms with Crippen LogP contribution in [0.1, 0.15) is 58.0 Å². The molecule has 186 valence electrons. The van der Waals surface area contributed by atoms with E-state index in [-0.39, 0.29) is 37.6 Å². The van der Waals surface area contributed by atoms with E-state index in [4.69, 9.17) is 51.1 Å². The van der Waals surface area contributed by atoms with Crippen molar-refractivity contribution in [2.24, 2.45) is 0 Å². The maximum absolute atomic E-state index is 13.2. The molecule has 0 fully saturated rings. The molecule has 0 radical (unpaired) electrons. The number of amides is 3. The molecule has 1 atom stereocenters. The Hall–Kier alpha value is -2.32. The van der Waals surface area contributed by atoms with Crippen LogP contribution in [0, 0.1) is 13.8 Å². The van der Waals surface area contributed by atoms with E-state index in [2.05, 4.69) is 5.32 Å². The van der Waals surface area contributed by atoms with E-state index in [1.807, 2.05) is 26.8 Å². The maximum Gasteiger partial charge on any atom is 0.329 e. The molecule has 0 saturated heterocycles. The standard InChI is InChI=1S/C24H22Cl4N2O5/c1-4-5-6-14(24(34)35-10-15(31)29-13-8-7-11(2)12(3)9-13)30-22(32)16-17(23(30)33)19(26)21(28)20(27)18(16)25/h7-9,14H,4-6,10H2,1-3H3,(H,29,31)/t14-/m1/s1. The third-order valence-corrected chi connectivity index (χ3v) is 7.49. The normalized spacial score (nSPS) is 13.6. The van der Waals surface area contributed by atoms with Crippen molar-refractivity contribution in [2.45, 2.75) is 46.1 Å². The summed E-state index contributed by atoms with van der Waals surface area (Å²) < 4.78 is 5.19. The van der Waals surface area contributed by atoms with E-state index < -0.39 is 36.3 Å². The Kier molecular flexibility index (Phi) is 8.70. The van der Waals surface area contributed by atoms with Crippen LogP contribution in [0.15, 0.2) is 18.2 Å². The number of benzene rings is 2. The number of unbranched alkanes of at least 4 members (excludes halogenated alkanes) is 1. The van der Waals surface area contributed by atoms with Crippen molar-refractivity contribution < 1.29 is 23.9 Å². The number of halogens is 4. The number of ether oxygens (including phenoxy) is 1. The second-order valence-electron chi connectivity index (χ2n) is 8.10. The molecule has 3 rings (SSSR count). The van der Waals surface area contributed by atoms with Gasteiger partial charge in [0.2, 0.25) is 0 Å². The highest BCUT2D eigenvalue weighted by Gasteiger charge is 2.47. The number of carbonyl (C=O) groups is 4. The minimum absolute atomic E-state index is 0.121. The monoisotopic (exact) mass is 558 g/mol. The number of imide groups is 1. The second kappa shape index (κ2) is 11.2. The van der Waals surface area contributed by atoms with Crippen LogP contribution in [0.5, 0.6) is 0 Å². The van der Waals surface area contributed by atoms with Crippen LogP contribution in [-0.2, 0) is 14.3 Å².